The Morgan fingerprint density at radius 1 is 1.43 bits per heavy atom. The van der Waals surface area contributed by atoms with Gasteiger partial charge in [-0.25, -0.2) is 9.18 Å². The molecule has 2 heterocycles. The Morgan fingerprint density at radius 3 is 2.90 bits per heavy atom. The molecule has 0 radical (unpaired) electrons. The van der Waals surface area contributed by atoms with Crippen LogP contribution in [0.15, 0.2) is 24.3 Å². The van der Waals surface area contributed by atoms with Gasteiger partial charge in [0.1, 0.15) is 5.82 Å². The first-order valence-electron chi connectivity index (χ1n) is 7.13. The average Bonchev–Trinajstić information content (AvgIpc) is 2.97. The van der Waals surface area contributed by atoms with E-state index in [2.05, 4.69) is 0 Å². The molecule has 0 aromatic heterocycles. The molecule has 2 aliphatic rings. The van der Waals surface area contributed by atoms with Crippen molar-refractivity contribution in [2.45, 2.75) is 50.1 Å². The number of hydrogen-bond donors (Lipinski definition) is 0. The highest BCUT2D eigenvalue weighted by Gasteiger charge is 2.63. The van der Waals surface area contributed by atoms with Crippen LogP contribution in [-0.2, 0) is 25.6 Å². The lowest BCUT2D eigenvalue weighted by atomic mass is 9.80. The normalized spacial score (nSPS) is 34.1. The van der Waals surface area contributed by atoms with Gasteiger partial charge in [0.15, 0.2) is 5.60 Å². The standard InChI is InChI=1S/C16H19FO4/c1-15-7-8-16(21-15,14(18)19-2)9-13(15)20-10-11-5-3-4-6-12(11)17/h3-6,13H,7-10H2,1-2H3/t13-,15+,16-/m0/s1. The van der Waals surface area contributed by atoms with Crippen LogP contribution < -0.4 is 0 Å². The molecular formula is C16H19FO4. The van der Waals surface area contributed by atoms with E-state index in [4.69, 9.17) is 14.2 Å². The van der Waals surface area contributed by atoms with Crippen molar-refractivity contribution in [3.05, 3.63) is 35.6 Å². The summed E-state index contributed by atoms with van der Waals surface area (Å²) >= 11 is 0. The molecule has 2 fully saturated rings. The molecule has 4 nitrogen and oxygen atoms in total. The fourth-order valence-corrected chi connectivity index (χ4v) is 3.34. The number of rotatable bonds is 4. The molecule has 21 heavy (non-hydrogen) atoms. The molecule has 0 N–H and O–H groups in total. The van der Waals surface area contributed by atoms with E-state index in [1.807, 2.05) is 6.92 Å². The Labute approximate surface area is 123 Å². The fraction of sp³-hybridized carbons (Fsp3) is 0.562. The number of carbonyl (C=O) groups excluding carboxylic acids is 1. The number of hydrogen-bond acceptors (Lipinski definition) is 4. The van der Waals surface area contributed by atoms with Crippen molar-refractivity contribution >= 4 is 5.97 Å². The molecule has 0 spiro atoms. The average molecular weight is 294 g/mol. The molecule has 2 bridgehead atoms. The van der Waals surface area contributed by atoms with E-state index in [1.165, 1.54) is 13.2 Å². The monoisotopic (exact) mass is 294 g/mol. The second-order valence-electron chi connectivity index (χ2n) is 6.00. The van der Waals surface area contributed by atoms with Gasteiger partial charge in [-0.3, -0.25) is 0 Å². The van der Waals surface area contributed by atoms with Gasteiger partial charge in [0.2, 0.25) is 0 Å². The molecule has 2 aliphatic heterocycles. The van der Waals surface area contributed by atoms with Gasteiger partial charge in [-0.2, -0.15) is 0 Å². The van der Waals surface area contributed by atoms with Gasteiger partial charge < -0.3 is 14.2 Å². The van der Waals surface area contributed by atoms with Crippen LogP contribution in [0.3, 0.4) is 0 Å². The summed E-state index contributed by atoms with van der Waals surface area (Å²) in [6, 6.07) is 6.53. The lowest BCUT2D eigenvalue weighted by Gasteiger charge is -2.29. The summed E-state index contributed by atoms with van der Waals surface area (Å²) in [6.45, 7) is 2.12. The summed E-state index contributed by atoms with van der Waals surface area (Å²) in [4.78, 5) is 11.9. The van der Waals surface area contributed by atoms with E-state index in [9.17, 15) is 9.18 Å². The first kappa shape index (κ1) is 14.5. The molecule has 0 amide bonds. The molecule has 0 saturated carbocycles. The van der Waals surface area contributed by atoms with Crippen molar-refractivity contribution in [2.24, 2.45) is 0 Å². The zero-order valence-corrected chi connectivity index (χ0v) is 12.2. The Morgan fingerprint density at radius 2 is 2.19 bits per heavy atom. The minimum absolute atomic E-state index is 0.174. The van der Waals surface area contributed by atoms with E-state index in [0.29, 0.717) is 18.4 Å². The highest BCUT2D eigenvalue weighted by molar-refractivity contribution is 5.80. The molecular weight excluding hydrogens is 275 g/mol. The first-order chi connectivity index (χ1) is 9.99. The van der Waals surface area contributed by atoms with E-state index >= 15 is 0 Å². The number of halogens is 1. The molecule has 3 atom stereocenters. The summed E-state index contributed by atoms with van der Waals surface area (Å²) in [7, 11) is 1.36. The molecule has 114 valence electrons. The van der Waals surface area contributed by atoms with Crippen LogP contribution in [0.4, 0.5) is 4.39 Å². The number of fused-ring (bicyclic) bond motifs is 2. The molecule has 1 aromatic rings. The largest absolute Gasteiger partial charge is 0.467 e. The van der Waals surface area contributed by atoms with Gasteiger partial charge >= 0.3 is 5.97 Å². The molecule has 3 rings (SSSR count). The first-order valence-corrected chi connectivity index (χ1v) is 7.13. The smallest absolute Gasteiger partial charge is 0.338 e. The quantitative estimate of drug-likeness (QED) is 0.801. The van der Waals surface area contributed by atoms with E-state index in [0.717, 1.165) is 6.42 Å². The van der Waals surface area contributed by atoms with E-state index in [-0.39, 0.29) is 24.5 Å². The predicted molar refractivity (Wildman–Crippen MR) is 73.1 cm³/mol. The van der Waals surface area contributed by atoms with Crippen LogP contribution in [0.5, 0.6) is 0 Å². The highest BCUT2D eigenvalue weighted by Crippen LogP contribution is 2.52. The summed E-state index contributed by atoms with van der Waals surface area (Å²) in [6.07, 6.45) is 1.62. The van der Waals surface area contributed by atoms with Crippen LogP contribution in [-0.4, -0.2) is 30.4 Å². The van der Waals surface area contributed by atoms with Crippen molar-refractivity contribution in [3.63, 3.8) is 0 Å². The summed E-state index contributed by atoms with van der Waals surface area (Å²) < 4.78 is 30.3. The summed E-state index contributed by atoms with van der Waals surface area (Å²) in [5.41, 5.74) is -0.876. The summed E-state index contributed by atoms with van der Waals surface area (Å²) in [5.74, 6) is -0.627. The van der Waals surface area contributed by atoms with Crippen LogP contribution in [0.25, 0.3) is 0 Å². The number of ether oxygens (including phenoxy) is 3. The lowest BCUT2D eigenvalue weighted by molar-refractivity contribution is -0.166. The van der Waals surface area contributed by atoms with Crippen LogP contribution in [0, 0.1) is 5.82 Å². The maximum absolute atomic E-state index is 13.6. The highest BCUT2D eigenvalue weighted by atomic mass is 19.1. The second kappa shape index (κ2) is 5.07. The van der Waals surface area contributed by atoms with Crippen molar-refractivity contribution in [2.75, 3.05) is 7.11 Å². The summed E-state index contributed by atoms with van der Waals surface area (Å²) in [5, 5.41) is 0. The van der Waals surface area contributed by atoms with Crippen molar-refractivity contribution in [1.29, 1.82) is 0 Å². The van der Waals surface area contributed by atoms with Gasteiger partial charge in [0.05, 0.1) is 25.4 Å². The minimum Gasteiger partial charge on any atom is -0.467 e. The molecule has 1 aromatic carbocycles. The minimum atomic E-state index is -0.886. The Bertz CT molecular complexity index is 561. The van der Waals surface area contributed by atoms with Gasteiger partial charge in [-0.15, -0.1) is 0 Å². The van der Waals surface area contributed by atoms with Crippen LogP contribution >= 0.6 is 0 Å². The Hall–Kier alpha value is -1.46. The third-order valence-electron chi connectivity index (χ3n) is 4.61. The maximum atomic E-state index is 13.6. The molecule has 0 aliphatic carbocycles. The SMILES string of the molecule is COC(=O)[C@@]12CC[C@@](C)(O1)[C@@H](OCc1ccccc1F)C2. The zero-order valence-electron chi connectivity index (χ0n) is 12.2. The Balaban J connectivity index is 1.71. The van der Waals surface area contributed by atoms with E-state index in [1.54, 1.807) is 18.2 Å². The second-order valence-corrected chi connectivity index (χ2v) is 6.00. The topological polar surface area (TPSA) is 44.8 Å². The lowest BCUT2D eigenvalue weighted by Crippen LogP contribution is -2.40. The molecule has 2 saturated heterocycles. The predicted octanol–water partition coefficient (Wildman–Crippen LogP) is 2.60. The van der Waals surface area contributed by atoms with Crippen molar-refractivity contribution in [1.82, 2.24) is 0 Å². The van der Waals surface area contributed by atoms with E-state index < -0.39 is 11.2 Å². The van der Waals surface area contributed by atoms with Gasteiger partial charge in [0, 0.05) is 12.0 Å². The fourth-order valence-electron chi connectivity index (χ4n) is 3.34. The number of methoxy groups -OCH3 is 1. The van der Waals surface area contributed by atoms with Crippen molar-refractivity contribution in [3.8, 4) is 0 Å². The number of carbonyl (C=O) groups is 1. The molecule has 0 unspecified atom stereocenters. The third-order valence-corrected chi connectivity index (χ3v) is 4.61. The number of benzene rings is 1. The molecule has 5 heteroatoms. The van der Waals surface area contributed by atoms with Crippen LogP contribution in [0.2, 0.25) is 0 Å². The van der Waals surface area contributed by atoms with Gasteiger partial charge in [-0.1, -0.05) is 18.2 Å². The Kier molecular flexibility index (Phi) is 3.50. The van der Waals surface area contributed by atoms with Gasteiger partial charge in [0.25, 0.3) is 0 Å². The maximum Gasteiger partial charge on any atom is 0.338 e. The number of esters is 1. The third kappa shape index (κ3) is 2.34. The zero-order chi connectivity index (χ0) is 15.1. The van der Waals surface area contributed by atoms with Crippen LogP contribution in [0.1, 0.15) is 31.7 Å². The van der Waals surface area contributed by atoms with Gasteiger partial charge in [-0.05, 0) is 25.8 Å². The van der Waals surface area contributed by atoms with Crippen molar-refractivity contribution < 1.29 is 23.4 Å².